The van der Waals surface area contributed by atoms with Gasteiger partial charge in [-0.2, -0.15) is 0 Å². The highest BCUT2D eigenvalue weighted by atomic mass is 35.5. The number of benzene rings is 1. The number of nitrogens with one attached hydrogen (secondary N) is 1. The van der Waals surface area contributed by atoms with Crippen LogP contribution >= 0.6 is 11.6 Å². The van der Waals surface area contributed by atoms with E-state index in [1.807, 2.05) is 30.3 Å². The summed E-state index contributed by atoms with van der Waals surface area (Å²) in [5.41, 5.74) is 1.40. The average molecular weight is 251 g/mol. The number of imidazole rings is 1. The topological polar surface area (TPSA) is 55.0 Å². The largest absolute Gasteiger partial charge is 0.460 e. The van der Waals surface area contributed by atoms with E-state index in [1.165, 1.54) is 0 Å². The summed E-state index contributed by atoms with van der Waals surface area (Å²) in [4.78, 5) is 18.3. The molecule has 1 aromatic carbocycles. The molecule has 0 aliphatic rings. The second-order valence-electron chi connectivity index (χ2n) is 3.33. The molecule has 1 N–H and O–H groups in total. The molecule has 0 atom stereocenters. The van der Waals surface area contributed by atoms with E-state index in [2.05, 4.69) is 9.97 Å². The molecule has 0 bridgehead atoms. The van der Waals surface area contributed by atoms with Gasteiger partial charge >= 0.3 is 5.97 Å². The number of halogens is 1. The van der Waals surface area contributed by atoms with Crippen molar-refractivity contribution in [2.45, 2.75) is 6.92 Å². The van der Waals surface area contributed by atoms with Crippen LogP contribution in [-0.4, -0.2) is 22.5 Å². The normalized spacial score (nSPS) is 10.2. The van der Waals surface area contributed by atoms with Gasteiger partial charge in [0.05, 0.1) is 6.61 Å². The standard InChI is InChI=1S/C12H11ClN2O2/c1-2-17-12(16)11-14-9(10(13)15-11)8-6-4-3-5-7-8/h3-7H,2H2,1H3,(H,14,15). The van der Waals surface area contributed by atoms with Crippen LogP contribution in [0.1, 0.15) is 17.5 Å². The Morgan fingerprint density at radius 1 is 1.41 bits per heavy atom. The lowest BCUT2D eigenvalue weighted by Crippen LogP contribution is -2.06. The zero-order valence-electron chi connectivity index (χ0n) is 9.24. The zero-order valence-corrected chi connectivity index (χ0v) is 9.99. The first-order valence-corrected chi connectivity index (χ1v) is 5.58. The van der Waals surface area contributed by atoms with Crippen LogP contribution < -0.4 is 0 Å². The molecule has 0 amide bonds. The molecule has 1 aromatic heterocycles. The Bertz CT molecular complexity index is 523. The number of carbonyl (C=O) groups excluding carboxylic acids is 1. The lowest BCUT2D eigenvalue weighted by atomic mass is 10.2. The van der Waals surface area contributed by atoms with Crippen molar-refractivity contribution in [2.75, 3.05) is 6.61 Å². The van der Waals surface area contributed by atoms with Gasteiger partial charge in [0.2, 0.25) is 5.82 Å². The molecule has 2 rings (SSSR count). The van der Waals surface area contributed by atoms with Crippen LogP contribution in [0.25, 0.3) is 11.3 Å². The maximum atomic E-state index is 11.5. The van der Waals surface area contributed by atoms with Crippen molar-refractivity contribution in [1.82, 2.24) is 9.97 Å². The summed E-state index contributed by atoms with van der Waals surface area (Å²) in [5.74, 6) is -0.382. The summed E-state index contributed by atoms with van der Waals surface area (Å²) in [6.07, 6.45) is 0. The summed E-state index contributed by atoms with van der Waals surface area (Å²) >= 11 is 6.00. The molecule has 0 unspecified atom stereocenters. The summed E-state index contributed by atoms with van der Waals surface area (Å²) in [6.45, 7) is 2.04. The van der Waals surface area contributed by atoms with Gasteiger partial charge in [-0.15, -0.1) is 0 Å². The van der Waals surface area contributed by atoms with Gasteiger partial charge in [-0.25, -0.2) is 9.78 Å². The highest BCUT2D eigenvalue weighted by Crippen LogP contribution is 2.25. The molecule has 0 fully saturated rings. The summed E-state index contributed by atoms with van der Waals surface area (Å²) in [6, 6.07) is 9.40. The number of carbonyl (C=O) groups is 1. The molecule has 17 heavy (non-hydrogen) atoms. The minimum Gasteiger partial charge on any atom is -0.460 e. The number of nitrogens with zero attached hydrogens (tertiary/aromatic N) is 1. The predicted octanol–water partition coefficient (Wildman–Crippen LogP) is 2.91. The van der Waals surface area contributed by atoms with Gasteiger partial charge in [-0.3, -0.25) is 0 Å². The molecule has 0 aliphatic heterocycles. The maximum Gasteiger partial charge on any atom is 0.374 e. The first-order chi connectivity index (χ1) is 8.22. The smallest absolute Gasteiger partial charge is 0.374 e. The van der Waals surface area contributed by atoms with E-state index in [4.69, 9.17) is 16.3 Å². The van der Waals surface area contributed by atoms with E-state index < -0.39 is 5.97 Å². The number of aromatic nitrogens is 2. The number of aromatic amines is 1. The first-order valence-electron chi connectivity index (χ1n) is 5.20. The Labute approximate surface area is 104 Å². The number of rotatable bonds is 3. The van der Waals surface area contributed by atoms with Gasteiger partial charge in [0, 0.05) is 5.56 Å². The van der Waals surface area contributed by atoms with Crippen molar-refractivity contribution in [3.8, 4) is 11.3 Å². The fourth-order valence-corrected chi connectivity index (χ4v) is 1.68. The van der Waals surface area contributed by atoms with E-state index in [9.17, 15) is 4.79 Å². The average Bonchev–Trinajstić information content (AvgIpc) is 2.73. The number of hydrogen-bond donors (Lipinski definition) is 1. The van der Waals surface area contributed by atoms with Gasteiger partial charge < -0.3 is 9.72 Å². The van der Waals surface area contributed by atoms with E-state index >= 15 is 0 Å². The molecule has 0 radical (unpaired) electrons. The van der Waals surface area contributed by atoms with Crippen LogP contribution in [0.15, 0.2) is 30.3 Å². The van der Waals surface area contributed by atoms with Crippen LogP contribution in [0.2, 0.25) is 5.15 Å². The fourth-order valence-electron chi connectivity index (χ4n) is 1.44. The van der Waals surface area contributed by atoms with Gasteiger partial charge in [-0.1, -0.05) is 41.9 Å². The molecule has 4 nitrogen and oxygen atoms in total. The van der Waals surface area contributed by atoms with Crippen LogP contribution in [0.4, 0.5) is 0 Å². The fraction of sp³-hybridized carbons (Fsp3) is 0.167. The van der Waals surface area contributed by atoms with E-state index in [0.29, 0.717) is 17.5 Å². The Morgan fingerprint density at radius 3 is 2.76 bits per heavy atom. The first kappa shape index (κ1) is 11.7. The minimum atomic E-state index is -0.503. The molecule has 2 aromatic rings. The summed E-state index contributed by atoms with van der Waals surface area (Å²) < 4.78 is 4.84. The lowest BCUT2D eigenvalue weighted by molar-refractivity contribution is 0.0513. The molecule has 88 valence electrons. The van der Waals surface area contributed by atoms with Crippen molar-refractivity contribution in [3.63, 3.8) is 0 Å². The van der Waals surface area contributed by atoms with Crippen LogP contribution in [0, 0.1) is 0 Å². The number of H-pyrrole nitrogens is 1. The second kappa shape index (κ2) is 5.01. The number of ether oxygens (including phenoxy) is 1. The van der Waals surface area contributed by atoms with Crippen molar-refractivity contribution >= 4 is 17.6 Å². The molecule has 0 aliphatic carbocycles. The zero-order chi connectivity index (χ0) is 12.3. The number of hydrogen-bond acceptors (Lipinski definition) is 3. The molecule has 0 spiro atoms. The SMILES string of the molecule is CCOC(=O)c1nc(-c2ccccc2)c(Cl)[nH]1. The monoisotopic (exact) mass is 250 g/mol. The second-order valence-corrected chi connectivity index (χ2v) is 3.71. The van der Waals surface area contributed by atoms with Crippen molar-refractivity contribution in [3.05, 3.63) is 41.3 Å². The van der Waals surface area contributed by atoms with E-state index in [-0.39, 0.29) is 5.82 Å². The lowest BCUT2D eigenvalue weighted by Gasteiger charge is -1.96. The summed E-state index contributed by atoms with van der Waals surface area (Å²) in [7, 11) is 0. The highest BCUT2D eigenvalue weighted by molar-refractivity contribution is 6.32. The Balaban J connectivity index is 2.35. The molecule has 0 saturated heterocycles. The van der Waals surface area contributed by atoms with Crippen LogP contribution in [0.3, 0.4) is 0 Å². The quantitative estimate of drug-likeness (QED) is 0.852. The molecule has 5 heteroatoms. The van der Waals surface area contributed by atoms with E-state index in [1.54, 1.807) is 6.92 Å². The Kier molecular flexibility index (Phi) is 3.44. The predicted molar refractivity (Wildman–Crippen MR) is 65.0 cm³/mol. The maximum absolute atomic E-state index is 11.5. The van der Waals surface area contributed by atoms with Crippen molar-refractivity contribution in [2.24, 2.45) is 0 Å². The molecule has 1 heterocycles. The van der Waals surface area contributed by atoms with Gasteiger partial charge in [-0.05, 0) is 6.92 Å². The minimum absolute atomic E-state index is 0.121. The molecular weight excluding hydrogens is 240 g/mol. The third-order valence-electron chi connectivity index (χ3n) is 2.18. The third-order valence-corrected chi connectivity index (χ3v) is 2.45. The third kappa shape index (κ3) is 2.47. The summed E-state index contributed by atoms with van der Waals surface area (Å²) in [5, 5.41) is 0.333. The van der Waals surface area contributed by atoms with Gasteiger partial charge in [0.25, 0.3) is 0 Å². The van der Waals surface area contributed by atoms with Crippen LogP contribution in [0.5, 0.6) is 0 Å². The van der Waals surface area contributed by atoms with Crippen LogP contribution in [-0.2, 0) is 4.74 Å². The van der Waals surface area contributed by atoms with Gasteiger partial charge in [0.1, 0.15) is 10.8 Å². The van der Waals surface area contributed by atoms with Crippen molar-refractivity contribution in [1.29, 1.82) is 0 Å². The molecule has 0 saturated carbocycles. The van der Waals surface area contributed by atoms with E-state index in [0.717, 1.165) is 5.56 Å². The Hall–Kier alpha value is -1.81. The van der Waals surface area contributed by atoms with Crippen molar-refractivity contribution < 1.29 is 9.53 Å². The molecular formula is C12H11ClN2O2. The number of esters is 1. The Morgan fingerprint density at radius 2 is 2.12 bits per heavy atom. The highest BCUT2D eigenvalue weighted by Gasteiger charge is 2.16. The van der Waals surface area contributed by atoms with Gasteiger partial charge in [0.15, 0.2) is 0 Å².